The highest BCUT2D eigenvalue weighted by Gasteiger charge is 2.50. The average molecular weight is 343 g/mol. The van der Waals surface area contributed by atoms with Crippen LogP contribution in [0.15, 0.2) is 30.3 Å². The zero-order valence-corrected chi connectivity index (χ0v) is 14.8. The highest BCUT2D eigenvalue weighted by molar-refractivity contribution is 5.80. The molecule has 25 heavy (non-hydrogen) atoms. The summed E-state index contributed by atoms with van der Waals surface area (Å²) in [4.78, 5) is 17.2. The summed E-state index contributed by atoms with van der Waals surface area (Å²) in [5.41, 5.74) is 7.29. The van der Waals surface area contributed by atoms with Gasteiger partial charge in [0, 0.05) is 38.8 Å². The highest BCUT2D eigenvalue weighted by Crippen LogP contribution is 2.48. The van der Waals surface area contributed by atoms with E-state index in [9.17, 15) is 9.90 Å². The minimum absolute atomic E-state index is 0.0557. The maximum absolute atomic E-state index is 12.9. The molecule has 136 valence electrons. The number of aliphatic hydroxyl groups excluding tert-OH is 1. The molecular weight excluding hydrogens is 314 g/mol. The van der Waals surface area contributed by atoms with Gasteiger partial charge in [0.25, 0.3) is 0 Å². The molecule has 0 aromatic heterocycles. The van der Waals surface area contributed by atoms with E-state index in [1.807, 2.05) is 35.2 Å². The molecular formula is C20H29N3O2. The monoisotopic (exact) mass is 343 g/mol. The van der Waals surface area contributed by atoms with Crippen molar-refractivity contribution in [3.05, 3.63) is 35.9 Å². The number of rotatable bonds is 4. The molecule has 0 spiro atoms. The summed E-state index contributed by atoms with van der Waals surface area (Å²) in [6.07, 6.45) is 3.07. The van der Waals surface area contributed by atoms with Crippen molar-refractivity contribution in [2.45, 2.75) is 31.4 Å². The first-order valence-electron chi connectivity index (χ1n) is 9.63. The predicted octanol–water partition coefficient (Wildman–Crippen LogP) is 1.24. The van der Waals surface area contributed by atoms with E-state index in [1.54, 1.807) is 0 Å². The summed E-state index contributed by atoms with van der Waals surface area (Å²) >= 11 is 0. The molecule has 1 heterocycles. The molecule has 5 heteroatoms. The molecule has 1 saturated heterocycles. The summed E-state index contributed by atoms with van der Waals surface area (Å²) in [6, 6.07) is 9.86. The number of carbonyl (C=O) groups is 1. The zero-order chi connectivity index (χ0) is 17.4. The fourth-order valence-corrected chi connectivity index (χ4v) is 5.09. The third-order valence-corrected chi connectivity index (χ3v) is 6.57. The number of aliphatic hydroxyl groups is 1. The Kier molecular flexibility index (Phi) is 4.80. The number of piperazine rings is 1. The lowest BCUT2D eigenvalue weighted by Crippen LogP contribution is -2.54. The van der Waals surface area contributed by atoms with E-state index in [-0.39, 0.29) is 17.9 Å². The van der Waals surface area contributed by atoms with Gasteiger partial charge in [0.15, 0.2) is 0 Å². The van der Waals surface area contributed by atoms with Crippen LogP contribution in [0.2, 0.25) is 0 Å². The Balaban J connectivity index is 1.29. The Morgan fingerprint density at radius 1 is 1.12 bits per heavy atom. The summed E-state index contributed by atoms with van der Waals surface area (Å²) < 4.78 is 0. The van der Waals surface area contributed by atoms with Crippen LogP contribution in [0.1, 0.15) is 30.9 Å². The number of nitrogens with zero attached hydrogens (tertiary/aromatic N) is 2. The Morgan fingerprint density at radius 3 is 2.44 bits per heavy atom. The topological polar surface area (TPSA) is 69.8 Å². The lowest BCUT2D eigenvalue weighted by Gasteiger charge is -2.39. The molecule has 3 aliphatic rings. The van der Waals surface area contributed by atoms with Crippen molar-refractivity contribution in [1.82, 2.24) is 9.80 Å². The second-order valence-electron chi connectivity index (χ2n) is 7.99. The maximum atomic E-state index is 12.9. The SMILES string of the molecule is NC1C2CCC(C2)C1C(=O)N1CCN(CC(O)c2ccccc2)CC1. The number of amides is 1. The van der Waals surface area contributed by atoms with Crippen LogP contribution >= 0.6 is 0 Å². The summed E-state index contributed by atoms with van der Waals surface area (Å²) in [5, 5.41) is 10.4. The fraction of sp³-hybridized carbons (Fsp3) is 0.650. The van der Waals surface area contributed by atoms with Gasteiger partial charge in [-0.15, -0.1) is 0 Å². The summed E-state index contributed by atoms with van der Waals surface area (Å²) in [6.45, 7) is 3.78. The normalized spacial score (nSPS) is 33.6. The van der Waals surface area contributed by atoms with E-state index in [0.717, 1.165) is 38.2 Å². The predicted molar refractivity (Wildman–Crippen MR) is 96.7 cm³/mol. The van der Waals surface area contributed by atoms with E-state index in [2.05, 4.69) is 4.90 Å². The number of hydrogen-bond donors (Lipinski definition) is 2. The van der Waals surface area contributed by atoms with E-state index in [1.165, 1.54) is 12.8 Å². The minimum atomic E-state index is -0.470. The van der Waals surface area contributed by atoms with E-state index >= 15 is 0 Å². The van der Waals surface area contributed by atoms with Crippen LogP contribution in [0.25, 0.3) is 0 Å². The second kappa shape index (κ2) is 7.06. The van der Waals surface area contributed by atoms with Gasteiger partial charge in [-0.05, 0) is 36.7 Å². The van der Waals surface area contributed by atoms with Gasteiger partial charge in [-0.25, -0.2) is 0 Å². The third-order valence-electron chi connectivity index (χ3n) is 6.57. The van der Waals surface area contributed by atoms with Crippen LogP contribution < -0.4 is 5.73 Å². The Hall–Kier alpha value is -1.43. The molecule has 3 fully saturated rings. The largest absolute Gasteiger partial charge is 0.387 e. The van der Waals surface area contributed by atoms with Crippen molar-refractivity contribution < 1.29 is 9.90 Å². The standard InChI is InChI=1S/C20H29N3O2/c21-19-16-7-6-15(12-16)18(19)20(25)23-10-8-22(9-11-23)13-17(24)14-4-2-1-3-5-14/h1-5,15-19,24H,6-13,21H2. The van der Waals surface area contributed by atoms with Crippen molar-refractivity contribution in [2.24, 2.45) is 23.5 Å². The number of benzene rings is 1. The highest BCUT2D eigenvalue weighted by atomic mass is 16.3. The van der Waals surface area contributed by atoms with Crippen molar-refractivity contribution >= 4 is 5.91 Å². The number of nitrogens with two attached hydrogens (primary N) is 1. The maximum Gasteiger partial charge on any atom is 0.227 e. The Morgan fingerprint density at radius 2 is 1.80 bits per heavy atom. The molecule has 0 radical (unpaired) electrons. The molecule has 1 aliphatic heterocycles. The first-order valence-corrected chi connectivity index (χ1v) is 9.63. The van der Waals surface area contributed by atoms with Crippen LogP contribution in [-0.4, -0.2) is 59.6 Å². The number of hydrogen-bond acceptors (Lipinski definition) is 4. The van der Waals surface area contributed by atoms with Crippen LogP contribution in [-0.2, 0) is 4.79 Å². The van der Waals surface area contributed by atoms with Gasteiger partial charge >= 0.3 is 0 Å². The Bertz CT molecular complexity index is 598. The van der Waals surface area contributed by atoms with Gasteiger partial charge in [0.1, 0.15) is 0 Å². The van der Waals surface area contributed by atoms with E-state index < -0.39 is 6.10 Å². The number of fused-ring (bicyclic) bond motifs is 2. The zero-order valence-electron chi connectivity index (χ0n) is 14.8. The molecule has 5 nitrogen and oxygen atoms in total. The van der Waals surface area contributed by atoms with Gasteiger partial charge < -0.3 is 15.7 Å². The molecule has 1 amide bonds. The Labute approximate surface area is 149 Å². The molecule has 1 aromatic carbocycles. The molecule has 5 unspecified atom stereocenters. The van der Waals surface area contributed by atoms with E-state index in [4.69, 9.17) is 5.73 Å². The molecule has 2 saturated carbocycles. The fourth-order valence-electron chi connectivity index (χ4n) is 5.09. The molecule has 5 atom stereocenters. The lowest BCUT2D eigenvalue weighted by atomic mass is 9.84. The van der Waals surface area contributed by atoms with Gasteiger partial charge in [-0.1, -0.05) is 30.3 Å². The second-order valence-corrected chi connectivity index (χ2v) is 7.99. The third kappa shape index (κ3) is 3.33. The first-order chi connectivity index (χ1) is 12.1. The van der Waals surface area contributed by atoms with Crippen LogP contribution in [0.4, 0.5) is 0 Å². The van der Waals surface area contributed by atoms with Gasteiger partial charge in [0.2, 0.25) is 5.91 Å². The van der Waals surface area contributed by atoms with Crippen molar-refractivity contribution in [2.75, 3.05) is 32.7 Å². The molecule has 3 N–H and O–H groups in total. The van der Waals surface area contributed by atoms with Crippen molar-refractivity contribution in [3.63, 3.8) is 0 Å². The van der Waals surface area contributed by atoms with Crippen molar-refractivity contribution in [1.29, 1.82) is 0 Å². The average Bonchev–Trinajstić information content (AvgIpc) is 3.24. The minimum Gasteiger partial charge on any atom is -0.387 e. The summed E-state index contributed by atoms with van der Waals surface area (Å²) in [5.74, 6) is 1.43. The lowest BCUT2D eigenvalue weighted by molar-refractivity contribution is -0.139. The van der Waals surface area contributed by atoms with Gasteiger partial charge in [0.05, 0.1) is 12.0 Å². The summed E-state index contributed by atoms with van der Waals surface area (Å²) in [7, 11) is 0. The van der Waals surface area contributed by atoms with Crippen LogP contribution in [0, 0.1) is 17.8 Å². The number of β-amino-alcohol motifs (C(OH)–C–C–N with tert-alkyl or cyclic N) is 1. The quantitative estimate of drug-likeness (QED) is 0.863. The molecule has 2 aliphatic carbocycles. The smallest absolute Gasteiger partial charge is 0.227 e. The van der Waals surface area contributed by atoms with Crippen LogP contribution in [0.5, 0.6) is 0 Å². The van der Waals surface area contributed by atoms with Crippen LogP contribution in [0.3, 0.4) is 0 Å². The van der Waals surface area contributed by atoms with E-state index in [0.29, 0.717) is 18.4 Å². The van der Waals surface area contributed by atoms with Gasteiger partial charge in [-0.2, -0.15) is 0 Å². The molecule has 4 rings (SSSR count). The molecule has 1 aromatic rings. The molecule has 2 bridgehead atoms. The van der Waals surface area contributed by atoms with Gasteiger partial charge in [-0.3, -0.25) is 9.69 Å². The number of carbonyl (C=O) groups excluding carboxylic acids is 1. The van der Waals surface area contributed by atoms with Crippen molar-refractivity contribution in [3.8, 4) is 0 Å². The first kappa shape index (κ1) is 17.0.